The van der Waals surface area contributed by atoms with Crippen LogP contribution in [0.1, 0.15) is 15.9 Å². The molecular formula is C10H7ClO2S. The molecule has 14 heavy (non-hydrogen) atoms. The minimum absolute atomic E-state index is 0.0119. The molecule has 2 aromatic rings. The van der Waals surface area contributed by atoms with Gasteiger partial charge in [-0.05, 0) is 40.1 Å². The third-order valence-corrected chi connectivity index (χ3v) is 2.89. The molecule has 0 aliphatic rings. The van der Waals surface area contributed by atoms with Crippen LogP contribution in [-0.4, -0.2) is 5.78 Å². The quantitative estimate of drug-likeness (QED) is 0.751. The van der Waals surface area contributed by atoms with Crippen molar-refractivity contribution in [2.75, 3.05) is 0 Å². The lowest BCUT2D eigenvalue weighted by Crippen LogP contribution is -2.01. The number of furan rings is 1. The summed E-state index contributed by atoms with van der Waals surface area (Å²) in [5, 5.41) is 4.07. The second kappa shape index (κ2) is 3.98. The van der Waals surface area contributed by atoms with E-state index in [9.17, 15) is 4.79 Å². The Morgan fingerprint density at radius 1 is 1.50 bits per heavy atom. The molecule has 0 aromatic carbocycles. The van der Waals surface area contributed by atoms with E-state index in [4.69, 9.17) is 16.0 Å². The molecule has 2 aromatic heterocycles. The highest BCUT2D eigenvalue weighted by Gasteiger charge is 2.13. The molecule has 0 bridgehead atoms. The van der Waals surface area contributed by atoms with Gasteiger partial charge in [0.05, 0.1) is 11.8 Å². The molecule has 0 saturated carbocycles. The molecule has 0 saturated heterocycles. The van der Waals surface area contributed by atoms with Crippen LogP contribution in [0.4, 0.5) is 0 Å². The maximum absolute atomic E-state index is 11.7. The molecule has 0 N–H and O–H groups in total. The van der Waals surface area contributed by atoms with Gasteiger partial charge in [-0.2, -0.15) is 11.3 Å². The van der Waals surface area contributed by atoms with E-state index in [0.29, 0.717) is 12.0 Å². The van der Waals surface area contributed by atoms with Crippen molar-refractivity contribution in [3.63, 3.8) is 0 Å². The molecular weight excluding hydrogens is 220 g/mol. The van der Waals surface area contributed by atoms with Crippen molar-refractivity contribution < 1.29 is 9.21 Å². The summed E-state index contributed by atoms with van der Waals surface area (Å²) in [6.45, 7) is 0. The van der Waals surface area contributed by atoms with Crippen molar-refractivity contribution in [1.29, 1.82) is 0 Å². The molecule has 2 rings (SSSR count). The average molecular weight is 227 g/mol. The highest BCUT2D eigenvalue weighted by molar-refractivity contribution is 7.08. The zero-order valence-electron chi connectivity index (χ0n) is 7.20. The van der Waals surface area contributed by atoms with Gasteiger partial charge in [-0.25, -0.2) is 0 Å². The van der Waals surface area contributed by atoms with Gasteiger partial charge in [0.2, 0.25) is 5.22 Å². The van der Waals surface area contributed by atoms with E-state index >= 15 is 0 Å². The van der Waals surface area contributed by atoms with Crippen LogP contribution < -0.4 is 0 Å². The summed E-state index contributed by atoms with van der Waals surface area (Å²) in [4.78, 5) is 11.7. The zero-order valence-corrected chi connectivity index (χ0v) is 8.77. The first kappa shape index (κ1) is 9.49. The lowest BCUT2D eigenvalue weighted by molar-refractivity contribution is 0.0992. The Hall–Kier alpha value is -1.06. The summed E-state index contributed by atoms with van der Waals surface area (Å²) >= 11 is 7.26. The average Bonchev–Trinajstić information content (AvgIpc) is 2.75. The maximum atomic E-state index is 11.7. The predicted octanol–water partition coefficient (Wildman–Crippen LogP) is 3.42. The van der Waals surface area contributed by atoms with E-state index in [1.54, 1.807) is 17.4 Å². The van der Waals surface area contributed by atoms with Gasteiger partial charge in [0.25, 0.3) is 0 Å². The molecule has 0 radical (unpaired) electrons. The fourth-order valence-corrected chi connectivity index (χ4v) is 2.06. The number of Topliss-reactive ketones (excluding diaryl/α,β-unsaturated/α-hetero) is 1. The van der Waals surface area contributed by atoms with Gasteiger partial charge in [-0.1, -0.05) is 0 Å². The number of halogens is 1. The fourth-order valence-electron chi connectivity index (χ4n) is 1.17. The summed E-state index contributed by atoms with van der Waals surface area (Å²) < 4.78 is 4.85. The topological polar surface area (TPSA) is 30.2 Å². The summed E-state index contributed by atoms with van der Waals surface area (Å²) in [6.07, 6.45) is 1.80. The number of rotatable bonds is 3. The minimum atomic E-state index is -0.0119. The molecule has 2 nitrogen and oxygen atoms in total. The van der Waals surface area contributed by atoms with E-state index in [1.165, 1.54) is 6.26 Å². The van der Waals surface area contributed by atoms with Crippen molar-refractivity contribution in [2.45, 2.75) is 6.42 Å². The summed E-state index contributed by atoms with van der Waals surface area (Å²) in [5.41, 5.74) is 1.47. The van der Waals surface area contributed by atoms with Gasteiger partial charge in [0.1, 0.15) is 0 Å². The monoisotopic (exact) mass is 226 g/mol. The number of hydrogen-bond donors (Lipinski definition) is 0. The third kappa shape index (κ3) is 1.89. The van der Waals surface area contributed by atoms with Gasteiger partial charge in [0.15, 0.2) is 5.78 Å². The van der Waals surface area contributed by atoms with Crippen LogP contribution in [0.15, 0.2) is 33.6 Å². The lowest BCUT2D eigenvalue weighted by Gasteiger charge is -1.95. The lowest BCUT2D eigenvalue weighted by atomic mass is 10.1. The molecule has 0 spiro atoms. The van der Waals surface area contributed by atoms with Gasteiger partial charge in [-0.3, -0.25) is 4.79 Å². The Balaban J connectivity index is 2.14. The zero-order chi connectivity index (χ0) is 9.97. The first-order chi connectivity index (χ1) is 6.77. The van der Waals surface area contributed by atoms with Crippen LogP contribution in [-0.2, 0) is 6.42 Å². The van der Waals surface area contributed by atoms with E-state index in [1.807, 2.05) is 16.8 Å². The van der Waals surface area contributed by atoms with Crippen LogP contribution in [0.25, 0.3) is 0 Å². The van der Waals surface area contributed by atoms with Crippen LogP contribution in [0, 0.1) is 0 Å². The first-order valence-corrected chi connectivity index (χ1v) is 5.36. The van der Waals surface area contributed by atoms with Gasteiger partial charge in [0, 0.05) is 6.42 Å². The maximum Gasteiger partial charge on any atom is 0.203 e. The Kier molecular flexibility index (Phi) is 2.70. The fraction of sp³-hybridized carbons (Fsp3) is 0.100. The molecule has 0 unspecified atom stereocenters. The highest BCUT2D eigenvalue weighted by Crippen LogP contribution is 2.19. The van der Waals surface area contributed by atoms with Crippen molar-refractivity contribution >= 4 is 28.7 Å². The molecule has 0 fully saturated rings. The van der Waals surface area contributed by atoms with Crippen molar-refractivity contribution in [1.82, 2.24) is 0 Å². The van der Waals surface area contributed by atoms with Gasteiger partial charge >= 0.3 is 0 Å². The molecule has 0 aliphatic carbocycles. The molecule has 2 heterocycles. The number of carbonyl (C=O) groups excluding carboxylic acids is 1. The van der Waals surface area contributed by atoms with Crippen LogP contribution >= 0.6 is 22.9 Å². The summed E-state index contributed by atoms with van der Waals surface area (Å²) in [6, 6.07) is 3.52. The number of hydrogen-bond acceptors (Lipinski definition) is 3. The van der Waals surface area contributed by atoms with E-state index in [0.717, 1.165) is 5.56 Å². The van der Waals surface area contributed by atoms with Crippen molar-refractivity contribution in [2.24, 2.45) is 0 Å². The molecule has 4 heteroatoms. The Labute approximate surface area is 90.1 Å². The van der Waals surface area contributed by atoms with E-state index < -0.39 is 0 Å². The van der Waals surface area contributed by atoms with E-state index in [-0.39, 0.29) is 11.0 Å². The standard InChI is InChI=1S/C10H7ClO2S/c11-10-8(1-3-13-10)9(12)5-7-2-4-14-6-7/h1-4,6H,5H2. The Bertz CT molecular complexity index is 431. The number of carbonyl (C=O) groups is 1. The minimum Gasteiger partial charge on any atom is -0.452 e. The largest absolute Gasteiger partial charge is 0.452 e. The molecule has 0 amide bonds. The summed E-state index contributed by atoms with van der Waals surface area (Å²) in [5.74, 6) is -0.0119. The SMILES string of the molecule is O=C(Cc1ccsc1)c1ccoc1Cl. The predicted molar refractivity (Wildman–Crippen MR) is 56.1 cm³/mol. The Morgan fingerprint density at radius 3 is 2.93 bits per heavy atom. The molecule has 0 aliphatic heterocycles. The highest BCUT2D eigenvalue weighted by atomic mass is 35.5. The second-order valence-electron chi connectivity index (χ2n) is 2.84. The number of thiophene rings is 1. The van der Waals surface area contributed by atoms with Crippen molar-refractivity contribution in [3.8, 4) is 0 Å². The van der Waals surface area contributed by atoms with E-state index in [2.05, 4.69) is 0 Å². The van der Waals surface area contributed by atoms with Gasteiger partial charge in [-0.15, -0.1) is 0 Å². The summed E-state index contributed by atoms with van der Waals surface area (Å²) in [7, 11) is 0. The Morgan fingerprint density at radius 2 is 2.36 bits per heavy atom. The smallest absolute Gasteiger partial charge is 0.203 e. The van der Waals surface area contributed by atoms with Gasteiger partial charge < -0.3 is 4.42 Å². The normalized spacial score (nSPS) is 10.4. The third-order valence-electron chi connectivity index (χ3n) is 1.86. The van der Waals surface area contributed by atoms with Crippen LogP contribution in [0.2, 0.25) is 5.22 Å². The van der Waals surface area contributed by atoms with Crippen LogP contribution in [0.3, 0.4) is 0 Å². The van der Waals surface area contributed by atoms with Crippen LogP contribution in [0.5, 0.6) is 0 Å². The number of ketones is 1. The first-order valence-electron chi connectivity index (χ1n) is 4.04. The van der Waals surface area contributed by atoms with Crippen molar-refractivity contribution in [3.05, 3.63) is 45.5 Å². The second-order valence-corrected chi connectivity index (χ2v) is 3.96. The molecule has 72 valence electrons. The molecule has 0 atom stereocenters.